The Bertz CT molecular complexity index is 1200. The maximum absolute atomic E-state index is 13.9. The Morgan fingerprint density at radius 1 is 0.361 bits per heavy atom. The van der Waals surface area contributed by atoms with Gasteiger partial charge in [-0.05, 0) is 58.7 Å². The summed E-state index contributed by atoms with van der Waals surface area (Å²) < 4.78 is 165. The predicted molar refractivity (Wildman–Crippen MR) is 106 cm³/mol. The molecule has 0 radical (unpaired) electrons. The first kappa shape index (κ1) is 27.0. The zero-order valence-corrected chi connectivity index (χ0v) is 17.3. The minimum atomic E-state index is -5.56. The third-order valence-electron chi connectivity index (χ3n) is 5.05. The minimum Gasteiger partial charge on any atom is -0.399 e. The maximum atomic E-state index is 13.9. The lowest BCUT2D eigenvalue weighted by molar-refractivity contribution is -0.141. The van der Waals surface area contributed by atoms with Gasteiger partial charge in [0, 0.05) is 11.4 Å². The topological polar surface area (TPSA) is 52.0 Å². The van der Waals surface area contributed by atoms with Crippen molar-refractivity contribution < 1.29 is 52.7 Å². The zero-order valence-electron chi connectivity index (χ0n) is 17.3. The molecule has 0 aliphatic rings. The standard InChI is InChI=1S/C22H12F12N2/c23-19(24,25)15-5-9(35)1-3-11(15)13-7-18(22(32,33)34)14(8-17(13)21(29,30)31)12-4-2-10(36)6-16(12)20(26,27)28/h1-8H,35-36H2. The van der Waals surface area contributed by atoms with Crippen molar-refractivity contribution in [1.82, 2.24) is 0 Å². The molecule has 0 bridgehead atoms. The predicted octanol–water partition coefficient (Wildman–Crippen LogP) is 8.26. The quantitative estimate of drug-likeness (QED) is 0.258. The Hall–Kier alpha value is -3.58. The van der Waals surface area contributed by atoms with E-state index in [0.717, 1.165) is 12.1 Å². The first-order valence-corrected chi connectivity index (χ1v) is 9.48. The number of alkyl halides is 12. The summed E-state index contributed by atoms with van der Waals surface area (Å²) in [6, 6.07) is 2.35. The van der Waals surface area contributed by atoms with Crippen LogP contribution in [0.2, 0.25) is 0 Å². The molecule has 0 unspecified atom stereocenters. The second kappa shape index (κ2) is 8.52. The fraction of sp³-hybridized carbons (Fsp3) is 0.182. The lowest BCUT2D eigenvalue weighted by Gasteiger charge is -2.23. The van der Waals surface area contributed by atoms with E-state index in [0.29, 0.717) is 12.1 Å². The van der Waals surface area contributed by atoms with Crippen molar-refractivity contribution in [1.29, 1.82) is 0 Å². The van der Waals surface area contributed by atoms with Gasteiger partial charge in [0.15, 0.2) is 0 Å². The van der Waals surface area contributed by atoms with Crippen LogP contribution in [0, 0.1) is 0 Å². The van der Waals surface area contributed by atoms with Crippen LogP contribution < -0.4 is 11.5 Å². The van der Waals surface area contributed by atoms with Gasteiger partial charge in [-0.1, -0.05) is 12.1 Å². The highest BCUT2D eigenvalue weighted by Gasteiger charge is 2.44. The molecule has 3 rings (SSSR count). The van der Waals surface area contributed by atoms with E-state index in [2.05, 4.69) is 0 Å². The molecular weight excluding hydrogens is 520 g/mol. The summed E-state index contributed by atoms with van der Waals surface area (Å²) in [5.74, 6) is 0. The summed E-state index contributed by atoms with van der Waals surface area (Å²) in [4.78, 5) is 0. The zero-order chi connectivity index (χ0) is 27.4. The molecule has 0 saturated heterocycles. The molecule has 0 atom stereocenters. The number of nitrogen functional groups attached to an aromatic ring is 2. The highest BCUT2D eigenvalue weighted by molar-refractivity contribution is 5.82. The summed E-state index contributed by atoms with van der Waals surface area (Å²) in [5, 5.41) is 0. The number of hydrogen-bond acceptors (Lipinski definition) is 2. The van der Waals surface area contributed by atoms with E-state index in [1.165, 1.54) is 0 Å². The maximum Gasteiger partial charge on any atom is 0.417 e. The van der Waals surface area contributed by atoms with Gasteiger partial charge in [-0.2, -0.15) is 52.7 Å². The monoisotopic (exact) mass is 532 g/mol. The summed E-state index contributed by atoms with van der Waals surface area (Å²) in [7, 11) is 0. The number of anilines is 2. The first-order valence-electron chi connectivity index (χ1n) is 9.48. The first-order chi connectivity index (χ1) is 16.2. The molecule has 0 fully saturated rings. The van der Waals surface area contributed by atoms with E-state index in [9.17, 15) is 52.7 Å². The van der Waals surface area contributed by atoms with Gasteiger partial charge in [0.05, 0.1) is 22.3 Å². The second-order valence-electron chi connectivity index (χ2n) is 7.54. The fourth-order valence-corrected chi connectivity index (χ4v) is 3.58. The lowest BCUT2D eigenvalue weighted by Crippen LogP contribution is -2.16. The van der Waals surface area contributed by atoms with Gasteiger partial charge < -0.3 is 11.5 Å². The lowest BCUT2D eigenvalue weighted by atomic mass is 9.86. The third kappa shape index (κ3) is 5.31. The van der Waals surface area contributed by atoms with Gasteiger partial charge >= 0.3 is 24.7 Å². The van der Waals surface area contributed by atoms with Gasteiger partial charge in [-0.25, -0.2) is 0 Å². The molecule has 4 N–H and O–H groups in total. The molecule has 0 aliphatic heterocycles. The van der Waals surface area contributed by atoms with Crippen LogP contribution in [0.3, 0.4) is 0 Å². The summed E-state index contributed by atoms with van der Waals surface area (Å²) in [6.07, 6.45) is -21.8. The Morgan fingerprint density at radius 3 is 0.861 bits per heavy atom. The van der Waals surface area contributed by atoms with Crippen LogP contribution in [0.1, 0.15) is 22.3 Å². The van der Waals surface area contributed by atoms with E-state index in [1.807, 2.05) is 0 Å². The van der Waals surface area contributed by atoms with Crippen molar-refractivity contribution in [2.45, 2.75) is 24.7 Å². The highest BCUT2D eigenvalue weighted by atomic mass is 19.4. The van der Waals surface area contributed by atoms with Crippen LogP contribution in [0.15, 0.2) is 48.5 Å². The van der Waals surface area contributed by atoms with Crippen LogP contribution >= 0.6 is 0 Å². The van der Waals surface area contributed by atoms with Crippen molar-refractivity contribution in [3.63, 3.8) is 0 Å². The van der Waals surface area contributed by atoms with Gasteiger partial charge in [0.1, 0.15) is 0 Å². The van der Waals surface area contributed by atoms with Gasteiger partial charge in [0.2, 0.25) is 0 Å². The van der Waals surface area contributed by atoms with Crippen LogP contribution in [0.5, 0.6) is 0 Å². The normalized spacial score (nSPS) is 13.2. The minimum absolute atomic E-state index is 0.235. The van der Waals surface area contributed by atoms with Crippen molar-refractivity contribution in [3.8, 4) is 22.3 Å². The summed E-state index contributed by atoms with van der Waals surface area (Å²) in [5.41, 5.74) is -3.79. The second-order valence-corrected chi connectivity index (χ2v) is 7.54. The number of benzene rings is 3. The van der Waals surface area contributed by atoms with E-state index in [-0.39, 0.29) is 24.3 Å². The summed E-state index contributed by atoms with van der Waals surface area (Å²) in [6.45, 7) is 0. The van der Waals surface area contributed by atoms with Crippen molar-refractivity contribution >= 4 is 11.4 Å². The Labute approximate surface area is 194 Å². The molecule has 194 valence electrons. The third-order valence-corrected chi connectivity index (χ3v) is 5.05. The van der Waals surface area contributed by atoms with Gasteiger partial charge in [-0.3, -0.25) is 0 Å². The molecule has 0 heterocycles. The molecule has 0 amide bonds. The van der Waals surface area contributed by atoms with Gasteiger partial charge in [-0.15, -0.1) is 0 Å². The van der Waals surface area contributed by atoms with Crippen LogP contribution in [0.4, 0.5) is 64.1 Å². The molecule has 36 heavy (non-hydrogen) atoms. The van der Waals surface area contributed by atoms with E-state index >= 15 is 0 Å². The average molecular weight is 532 g/mol. The van der Waals surface area contributed by atoms with E-state index in [4.69, 9.17) is 11.5 Å². The smallest absolute Gasteiger partial charge is 0.399 e. The Balaban J connectivity index is 2.53. The summed E-state index contributed by atoms with van der Waals surface area (Å²) >= 11 is 0. The molecule has 0 saturated carbocycles. The number of halogens is 12. The van der Waals surface area contributed by atoms with E-state index in [1.54, 1.807) is 0 Å². The largest absolute Gasteiger partial charge is 0.417 e. The molecule has 2 nitrogen and oxygen atoms in total. The average Bonchev–Trinajstić information content (AvgIpc) is 2.70. The molecule has 14 heteroatoms. The van der Waals surface area contributed by atoms with Crippen molar-refractivity contribution in [3.05, 3.63) is 70.8 Å². The molecule has 3 aromatic carbocycles. The molecule has 0 aliphatic carbocycles. The Kier molecular flexibility index (Phi) is 6.39. The van der Waals surface area contributed by atoms with Crippen molar-refractivity contribution in [2.75, 3.05) is 11.5 Å². The number of hydrogen-bond donors (Lipinski definition) is 2. The van der Waals surface area contributed by atoms with Crippen molar-refractivity contribution in [2.24, 2.45) is 0 Å². The van der Waals surface area contributed by atoms with Crippen LogP contribution in [-0.4, -0.2) is 0 Å². The molecule has 0 spiro atoms. The van der Waals surface area contributed by atoms with E-state index < -0.39 is 80.6 Å². The molecular formula is C22H12F12N2. The fourth-order valence-electron chi connectivity index (χ4n) is 3.58. The van der Waals surface area contributed by atoms with Crippen LogP contribution in [-0.2, 0) is 24.7 Å². The van der Waals surface area contributed by atoms with Gasteiger partial charge in [0.25, 0.3) is 0 Å². The SMILES string of the molecule is Nc1ccc(-c2cc(C(F)(F)F)c(-c3ccc(N)cc3C(F)(F)F)cc2C(F)(F)F)c(C(F)(F)F)c1. The highest BCUT2D eigenvalue weighted by Crippen LogP contribution is 2.50. The number of rotatable bonds is 2. The van der Waals surface area contributed by atoms with Crippen LogP contribution in [0.25, 0.3) is 22.3 Å². The number of nitrogens with two attached hydrogens (primary N) is 2. The molecule has 3 aromatic rings. The molecule has 0 aromatic heterocycles. The Morgan fingerprint density at radius 2 is 0.611 bits per heavy atom.